The molecule has 6 nitrogen and oxygen atoms in total. The molecule has 8 heteroatoms. The van der Waals surface area contributed by atoms with Crippen LogP contribution in [0.2, 0.25) is 0 Å². The van der Waals surface area contributed by atoms with E-state index in [1.54, 1.807) is 27.7 Å². The Kier molecular flexibility index (Phi) is 4.51. The quantitative estimate of drug-likeness (QED) is 0.598. The molecule has 0 radical (unpaired) electrons. The SMILES string of the molecule is [2H]C([2H])([2H])c1cc(C)cc(C(=O)N(NC(=O)c2ccc3c(c2F)COB3O)C(C)(C)C)c1. The van der Waals surface area contributed by atoms with Crippen LogP contribution in [0.25, 0.3) is 0 Å². The van der Waals surface area contributed by atoms with Crippen molar-refractivity contribution < 1.29 is 27.8 Å². The van der Waals surface area contributed by atoms with Crippen LogP contribution in [-0.4, -0.2) is 34.5 Å². The van der Waals surface area contributed by atoms with E-state index in [-0.39, 0.29) is 34.3 Å². The summed E-state index contributed by atoms with van der Waals surface area (Å²) in [6, 6.07) is 6.88. The van der Waals surface area contributed by atoms with Gasteiger partial charge in [-0.1, -0.05) is 23.3 Å². The number of carbonyl (C=O) groups excluding carboxylic acids is 2. The third-order valence-corrected chi connectivity index (χ3v) is 4.59. The Morgan fingerprint density at radius 2 is 1.97 bits per heavy atom. The molecule has 3 rings (SSSR count). The normalized spacial score (nSPS) is 15.2. The van der Waals surface area contributed by atoms with Crippen LogP contribution in [0.1, 0.15) is 62.3 Å². The molecule has 152 valence electrons. The maximum Gasteiger partial charge on any atom is 0.491 e. The molecule has 0 atom stereocenters. The number of hydrogen-bond donors (Lipinski definition) is 2. The lowest BCUT2D eigenvalue weighted by Gasteiger charge is -2.35. The lowest BCUT2D eigenvalue weighted by Crippen LogP contribution is -2.56. The van der Waals surface area contributed by atoms with Crippen molar-refractivity contribution in [2.75, 3.05) is 0 Å². The number of amides is 2. The van der Waals surface area contributed by atoms with Crippen LogP contribution < -0.4 is 10.9 Å². The Balaban J connectivity index is 1.95. The van der Waals surface area contributed by atoms with Crippen LogP contribution in [0.5, 0.6) is 0 Å². The van der Waals surface area contributed by atoms with Crippen molar-refractivity contribution in [3.05, 3.63) is 64.0 Å². The van der Waals surface area contributed by atoms with Gasteiger partial charge in [0.2, 0.25) is 0 Å². The molecular formula is C21H24BFN2O4. The van der Waals surface area contributed by atoms with Gasteiger partial charge in [0.25, 0.3) is 11.8 Å². The van der Waals surface area contributed by atoms with Gasteiger partial charge in [-0.15, -0.1) is 0 Å². The molecular weight excluding hydrogens is 374 g/mol. The van der Waals surface area contributed by atoms with E-state index in [2.05, 4.69) is 5.43 Å². The molecule has 2 amide bonds. The minimum Gasteiger partial charge on any atom is -0.423 e. The van der Waals surface area contributed by atoms with Crippen LogP contribution in [0, 0.1) is 19.6 Å². The highest BCUT2D eigenvalue weighted by atomic mass is 19.1. The first-order valence-electron chi connectivity index (χ1n) is 10.6. The highest BCUT2D eigenvalue weighted by Gasteiger charge is 2.34. The predicted molar refractivity (Wildman–Crippen MR) is 108 cm³/mol. The summed E-state index contributed by atoms with van der Waals surface area (Å²) in [5.41, 5.74) is 2.22. The van der Waals surface area contributed by atoms with Crippen LogP contribution in [0.3, 0.4) is 0 Å². The summed E-state index contributed by atoms with van der Waals surface area (Å²) < 4.78 is 42.8. The molecule has 1 aliphatic rings. The third kappa shape index (κ3) is 4.18. The third-order valence-electron chi connectivity index (χ3n) is 4.59. The fourth-order valence-corrected chi connectivity index (χ4v) is 3.16. The number of aryl methyl sites for hydroxylation is 2. The second-order valence-corrected chi connectivity index (χ2v) is 8.00. The van der Waals surface area contributed by atoms with Crippen molar-refractivity contribution in [1.82, 2.24) is 10.4 Å². The Labute approximate surface area is 174 Å². The van der Waals surface area contributed by atoms with Crippen molar-refractivity contribution in [3.63, 3.8) is 0 Å². The molecule has 0 saturated heterocycles. The van der Waals surface area contributed by atoms with Crippen molar-refractivity contribution >= 4 is 24.4 Å². The van der Waals surface area contributed by atoms with Gasteiger partial charge >= 0.3 is 7.12 Å². The average molecular weight is 401 g/mol. The maximum absolute atomic E-state index is 14.9. The zero-order valence-corrected chi connectivity index (χ0v) is 16.7. The zero-order chi connectivity index (χ0) is 24.0. The van der Waals surface area contributed by atoms with Gasteiger partial charge in [0.1, 0.15) is 5.82 Å². The van der Waals surface area contributed by atoms with E-state index in [4.69, 9.17) is 8.77 Å². The van der Waals surface area contributed by atoms with Crippen LogP contribution in [-0.2, 0) is 11.3 Å². The van der Waals surface area contributed by atoms with Gasteiger partial charge in [0, 0.05) is 15.2 Å². The van der Waals surface area contributed by atoms with Crippen LogP contribution in [0.4, 0.5) is 4.39 Å². The van der Waals surface area contributed by atoms with E-state index in [1.165, 1.54) is 30.3 Å². The smallest absolute Gasteiger partial charge is 0.423 e. The number of nitrogens with zero attached hydrogens (tertiary/aromatic N) is 1. The van der Waals surface area contributed by atoms with Gasteiger partial charge in [0.15, 0.2) is 0 Å². The largest absolute Gasteiger partial charge is 0.491 e. The summed E-state index contributed by atoms with van der Waals surface area (Å²) in [4.78, 5) is 26.2. The average Bonchev–Trinajstić information content (AvgIpc) is 3.05. The fraction of sp³-hybridized carbons (Fsp3) is 0.333. The molecule has 2 N–H and O–H groups in total. The Bertz CT molecular complexity index is 1090. The predicted octanol–water partition coefficient (Wildman–Crippen LogP) is 2.25. The van der Waals surface area contributed by atoms with E-state index in [9.17, 15) is 19.0 Å². The minimum absolute atomic E-state index is 0.00394. The number of fused-ring (bicyclic) bond motifs is 1. The summed E-state index contributed by atoms with van der Waals surface area (Å²) >= 11 is 0. The lowest BCUT2D eigenvalue weighted by atomic mass is 9.79. The zero-order valence-electron chi connectivity index (χ0n) is 19.7. The molecule has 0 unspecified atom stereocenters. The molecule has 0 saturated carbocycles. The summed E-state index contributed by atoms with van der Waals surface area (Å²) in [6.45, 7) is 4.12. The van der Waals surface area contributed by atoms with E-state index >= 15 is 0 Å². The fourth-order valence-electron chi connectivity index (χ4n) is 3.16. The first kappa shape index (κ1) is 17.2. The second kappa shape index (κ2) is 7.61. The number of nitrogens with one attached hydrogen (secondary N) is 1. The van der Waals surface area contributed by atoms with Crippen LogP contribution >= 0.6 is 0 Å². The first-order valence-corrected chi connectivity index (χ1v) is 9.09. The molecule has 0 fully saturated rings. The van der Waals surface area contributed by atoms with Gasteiger partial charge < -0.3 is 9.68 Å². The van der Waals surface area contributed by atoms with Gasteiger partial charge in [-0.3, -0.25) is 15.0 Å². The van der Waals surface area contributed by atoms with Gasteiger partial charge in [-0.2, -0.15) is 0 Å². The van der Waals surface area contributed by atoms with Gasteiger partial charge in [-0.25, -0.2) is 9.40 Å². The van der Waals surface area contributed by atoms with E-state index < -0.39 is 37.1 Å². The molecule has 1 aliphatic heterocycles. The molecule has 2 aromatic rings. The van der Waals surface area contributed by atoms with Gasteiger partial charge in [-0.05, 0) is 58.2 Å². The van der Waals surface area contributed by atoms with Crippen molar-refractivity contribution in [2.24, 2.45) is 0 Å². The molecule has 0 spiro atoms. The Hall–Kier alpha value is -2.71. The van der Waals surface area contributed by atoms with Crippen molar-refractivity contribution in [3.8, 4) is 0 Å². The Morgan fingerprint density at radius 3 is 2.62 bits per heavy atom. The summed E-state index contributed by atoms with van der Waals surface area (Å²) in [6.07, 6.45) is 0. The van der Waals surface area contributed by atoms with E-state index in [1.807, 2.05) is 0 Å². The summed E-state index contributed by atoms with van der Waals surface area (Å²) in [5.74, 6) is -2.34. The number of benzene rings is 2. The molecule has 1 heterocycles. The van der Waals surface area contributed by atoms with Crippen molar-refractivity contribution in [1.29, 1.82) is 0 Å². The summed E-state index contributed by atoms with van der Waals surface area (Å²) in [7, 11) is -1.25. The topological polar surface area (TPSA) is 78.9 Å². The number of hydrazine groups is 1. The van der Waals surface area contributed by atoms with E-state index in [0.717, 1.165) is 5.01 Å². The highest BCUT2D eigenvalue weighted by Crippen LogP contribution is 2.20. The second-order valence-electron chi connectivity index (χ2n) is 8.00. The number of rotatable bonds is 2. The number of carbonyl (C=O) groups is 2. The molecule has 2 aromatic carbocycles. The Morgan fingerprint density at radius 1 is 1.28 bits per heavy atom. The summed E-state index contributed by atoms with van der Waals surface area (Å²) in [5, 5.41) is 10.8. The maximum atomic E-state index is 14.9. The molecule has 0 aliphatic carbocycles. The molecule has 29 heavy (non-hydrogen) atoms. The molecule has 0 aromatic heterocycles. The monoisotopic (exact) mass is 401 g/mol. The van der Waals surface area contributed by atoms with Gasteiger partial charge in [0.05, 0.1) is 17.7 Å². The molecule has 0 bridgehead atoms. The lowest BCUT2D eigenvalue weighted by molar-refractivity contribution is 0.0356. The van der Waals surface area contributed by atoms with Crippen LogP contribution in [0.15, 0.2) is 30.3 Å². The number of hydrogen-bond acceptors (Lipinski definition) is 4. The first-order chi connectivity index (χ1) is 14.7. The van der Waals surface area contributed by atoms with Crippen molar-refractivity contribution in [2.45, 2.75) is 46.7 Å². The standard InChI is InChI=1S/C21H24BFN2O4/c1-12-8-13(2)10-14(9-12)20(27)25(21(3,4)5)24-19(26)15-6-7-17-16(18(15)23)11-29-22(17)28/h6-10,28H,11H2,1-5H3,(H,24,26)/i1D3. The van der Waals surface area contributed by atoms with E-state index in [0.29, 0.717) is 5.56 Å². The number of halogens is 1. The minimum atomic E-state index is -2.41. The highest BCUT2D eigenvalue weighted by molar-refractivity contribution is 6.61.